The van der Waals surface area contributed by atoms with Gasteiger partial charge in [0.1, 0.15) is 12.4 Å². The molecule has 1 heterocycles. The monoisotopic (exact) mass is 454 g/mol. The van der Waals surface area contributed by atoms with Crippen molar-refractivity contribution >= 4 is 17.5 Å². The number of rotatable bonds is 11. The van der Waals surface area contributed by atoms with Crippen molar-refractivity contribution in [1.29, 1.82) is 0 Å². The van der Waals surface area contributed by atoms with Crippen LogP contribution in [0.3, 0.4) is 0 Å². The van der Waals surface area contributed by atoms with Gasteiger partial charge in [-0.15, -0.1) is 0 Å². The van der Waals surface area contributed by atoms with Gasteiger partial charge in [-0.25, -0.2) is 0 Å². The SMILES string of the molecule is CCOc1cc(C(=O)N(C)CCCOc2cccc(Cl)c2)ccc1OCc1cccnc1. The third kappa shape index (κ3) is 6.89. The molecule has 0 unspecified atom stereocenters. The number of benzene rings is 2. The molecule has 0 aliphatic heterocycles. The summed E-state index contributed by atoms with van der Waals surface area (Å²) < 4.78 is 17.3. The molecule has 6 nitrogen and oxygen atoms in total. The Kier molecular flexibility index (Phi) is 8.75. The van der Waals surface area contributed by atoms with Crippen LogP contribution in [0.5, 0.6) is 17.2 Å². The van der Waals surface area contributed by atoms with Crippen molar-refractivity contribution in [3.05, 3.63) is 83.1 Å². The third-order valence-corrected chi connectivity index (χ3v) is 4.89. The number of aromatic nitrogens is 1. The molecular weight excluding hydrogens is 428 g/mol. The lowest BCUT2D eigenvalue weighted by Gasteiger charge is -2.19. The van der Waals surface area contributed by atoms with Crippen molar-refractivity contribution in [3.63, 3.8) is 0 Å². The van der Waals surface area contributed by atoms with E-state index in [0.29, 0.717) is 54.9 Å². The quantitative estimate of drug-likeness (QED) is 0.370. The fraction of sp³-hybridized carbons (Fsp3) is 0.280. The van der Waals surface area contributed by atoms with Crippen LogP contribution >= 0.6 is 11.6 Å². The summed E-state index contributed by atoms with van der Waals surface area (Å²) in [6.45, 7) is 3.78. The highest BCUT2D eigenvalue weighted by molar-refractivity contribution is 6.30. The maximum atomic E-state index is 12.9. The molecule has 1 aromatic heterocycles. The maximum Gasteiger partial charge on any atom is 0.253 e. The first-order chi connectivity index (χ1) is 15.6. The fourth-order valence-corrected chi connectivity index (χ4v) is 3.22. The van der Waals surface area contributed by atoms with Crippen LogP contribution in [-0.2, 0) is 6.61 Å². The third-order valence-electron chi connectivity index (χ3n) is 4.66. The number of pyridine rings is 1. The summed E-state index contributed by atoms with van der Waals surface area (Å²) in [6, 6.07) is 16.3. The summed E-state index contributed by atoms with van der Waals surface area (Å²) in [5, 5.41) is 0.632. The molecule has 0 fully saturated rings. The van der Waals surface area contributed by atoms with Gasteiger partial charge < -0.3 is 19.1 Å². The first kappa shape index (κ1) is 23.4. The second-order valence-corrected chi connectivity index (χ2v) is 7.57. The molecule has 0 N–H and O–H groups in total. The van der Waals surface area contributed by atoms with Crippen LogP contribution in [0, 0.1) is 0 Å². The van der Waals surface area contributed by atoms with E-state index >= 15 is 0 Å². The molecule has 0 aliphatic rings. The summed E-state index contributed by atoms with van der Waals surface area (Å²) in [4.78, 5) is 18.6. The molecule has 1 amide bonds. The largest absolute Gasteiger partial charge is 0.493 e. The van der Waals surface area contributed by atoms with E-state index < -0.39 is 0 Å². The molecule has 0 saturated heterocycles. The van der Waals surface area contributed by atoms with Crippen LogP contribution in [-0.4, -0.2) is 42.6 Å². The molecule has 0 bridgehead atoms. The highest BCUT2D eigenvalue weighted by Crippen LogP contribution is 2.29. The topological polar surface area (TPSA) is 60.9 Å². The van der Waals surface area contributed by atoms with E-state index in [9.17, 15) is 4.79 Å². The first-order valence-corrected chi connectivity index (χ1v) is 10.9. The minimum absolute atomic E-state index is 0.0903. The van der Waals surface area contributed by atoms with E-state index in [0.717, 1.165) is 11.3 Å². The standard InChI is InChI=1S/C25H27ClN2O4/c1-3-30-24-15-20(10-11-23(24)32-18-19-7-5-12-27-17-19)25(29)28(2)13-6-14-31-22-9-4-8-21(26)16-22/h4-5,7-12,15-17H,3,6,13-14,18H2,1-2H3. The number of carbonyl (C=O) groups excluding carboxylic acids is 1. The van der Waals surface area contributed by atoms with Crippen molar-refractivity contribution in [2.75, 3.05) is 26.8 Å². The van der Waals surface area contributed by atoms with Gasteiger partial charge in [0.05, 0.1) is 13.2 Å². The lowest BCUT2D eigenvalue weighted by Crippen LogP contribution is -2.28. The van der Waals surface area contributed by atoms with Crippen LogP contribution in [0.25, 0.3) is 0 Å². The number of halogens is 1. The molecule has 0 aliphatic carbocycles. The number of hydrogen-bond acceptors (Lipinski definition) is 5. The van der Waals surface area contributed by atoms with E-state index in [2.05, 4.69) is 4.98 Å². The Labute approximate surface area is 193 Å². The summed E-state index contributed by atoms with van der Waals surface area (Å²) in [7, 11) is 1.77. The molecule has 0 radical (unpaired) electrons. The smallest absolute Gasteiger partial charge is 0.253 e. The molecular formula is C25H27ClN2O4. The highest BCUT2D eigenvalue weighted by atomic mass is 35.5. The van der Waals surface area contributed by atoms with Gasteiger partial charge in [0.25, 0.3) is 5.91 Å². The van der Waals surface area contributed by atoms with Crippen LogP contribution < -0.4 is 14.2 Å². The second-order valence-electron chi connectivity index (χ2n) is 7.13. The zero-order chi connectivity index (χ0) is 22.8. The Hall–Kier alpha value is -3.25. The van der Waals surface area contributed by atoms with Gasteiger partial charge in [-0.05, 0) is 55.8 Å². The Morgan fingerprint density at radius 3 is 2.66 bits per heavy atom. The minimum Gasteiger partial charge on any atom is -0.493 e. The van der Waals surface area contributed by atoms with Gasteiger partial charge in [-0.2, -0.15) is 0 Å². The minimum atomic E-state index is -0.0903. The fourth-order valence-electron chi connectivity index (χ4n) is 3.04. The Bertz CT molecular complexity index is 1010. The number of carbonyl (C=O) groups is 1. The maximum absolute atomic E-state index is 12.9. The average molecular weight is 455 g/mol. The van der Waals surface area contributed by atoms with Gasteiger partial charge in [0.15, 0.2) is 11.5 Å². The lowest BCUT2D eigenvalue weighted by atomic mass is 10.1. The van der Waals surface area contributed by atoms with Crippen molar-refractivity contribution in [2.24, 2.45) is 0 Å². The van der Waals surface area contributed by atoms with Gasteiger partial charge in [-0.1, -0.05) is 23.7 Å². The van der Waals surface area contributed by atoms with Crippen LogP contribution in [0.1, 0.15) is 29.3 Å². The lowest BCUT2D eigenvalue weighted by molar-refractivity contribution is 0.0787. The van der Waals surface area contributed by atoms with E-state index in [4.69, 9.17) is 25.8 Å². The van der Waals surface area contributed by atoms with Crippen LogP contribution in [0.15, 0.2) is 67.0 Å². The molecule has 3 aromatic rings. The van der Waals surface area contributed by atoms with Crippen molar-refractivity contribution in [3.8, 4) is 17.2 Å². The summed E-state index contributed by atoms with van der Waals surface area (Å²) in [5.41, 5.74) is 1.50. The molecule has 32 heavy (non-hydrogen) atoms. The number of amides is 1. The van der Waals surface area contributed by atoms with Gasteiger partial charge in [-0.3, -0.25) is 9.78 Å². The predicted octanol–water partition coefficient (Wildman–Crippen LogP) is 5.25. The zero-order valence-electron chi connectivity index (χ0n) is 18.3. The van der Waals surface area contributed by atoms with Crippen LogP contribution in [0.2, 0.25) is 5.02 Å². The summed E-state index contributed by atoms with van der Waals surface area (Å²) in [5.74, 6) is 1.76. The second kappa shape index (κ2) is 12.0. The first-order valence-electron chi connectivity index (χ1n) is 10.5. The van der Waals surface area contributed by atoms with E-state index in [1.165, 1.54) is 0 Å². The van der Waals surface area contributed by atoms with Crippen molar-refractivity contribution < 1.29 is 19.0 Å². The number of nitrogens with zero attached hydrogens (tertiary/aromatic N) is 2. The summed E-state index contributed by atoms with van der Waals surface area (Å²) in [6.07, 6.45) is 4.16. The van der Waals surface area contributed by atoms with E-state index in [-0.39, 0.29) is 5.91 Å². The zero-order valence-corrected chi connectivity index (χ0v) is 19.0. The summed E-state index contributed by atoms with van der Waals surface area (Å²) >= 11 is 5.96. The van der Waals surface area contributed by atoms with Crippen molar-refractivity contribution in [1.82, 2.24) is 9.88 Å². The molecule has 0 saturated carbocycles. The molecule has 0 atom stereocenters. The van der Waals surface area contributed by atoms with Crippen LogP contribution in [0.4, 0.5) is 0 Å². The molecule has 168 valence electrons. The molecule has 0 spiro atoms. The Morgan fingerprint density at radius 2 is 1.91 bits per heavy atom. The Morgan fingerprint density at radius 1 is 1.03 bits per heavy atom. The normalized spacial score (nSPS) is 10.5. The van der Waals surface area contributed by atoms with Gasteiger partial charge >= 0.3 is 0 Å². The van der Waals surface area contributed by atoms with Gasteiger partial charge in [0, 0.05) is 42.1 Å². The van der Waals surface area contributed by atoms with E-state index in [1.807, 2.05) is 31.2 Å². The molecule has 7 heteroatoms. The van der Waals surface area contributed by atoms with Gasteiger partial charge in [0.2, 0.25) is 0 Å². The average Bonchev–Trinajstić information content (AvgIpc) is 2.81. The Balaban J connectivity index is 1.55. The number of ether oxygens (including phenoxy) is 3. The molecule has 3 rings (SSSR count). The number of hydrogen-bond donors (Lipinski definition) is 0. The molecule has 2 aromatic carbocycles. The van der Waals surface area contributed by atoms with Crippen molar-refractivity contribution in [2.45, 2.75) is 20.0 Å². The van der Waals surface area contributed by atoms with E-state index in [1.54, 1.807) is 54.7 Å². The highest BCUT2D eigenvalue weighted by Gasteiger charge is 2.15. The predicted molar refractivity (Wildman–Crippen MR) is 125 cm³/mol.